The molecule has 0 amide bonds. The number of benzene rings is 3. The molecule has 0 bridgehead atoms. The van der Waals surface area contributed by atoms with Gasteiger partial charge in [0.05, 0.1) is 10.2 Å². The van der Waals surface area contributed by atoms with Gasteiger partial charge in [0.2, 0.25) is 0 Å². The highest BCUT2D eigenvalue weighted by Crippen LogP contribution is 2.32. The molecule has 20 heavy (non-hydrogen) atoms. The average molecular weight is 276 g/mol. The van der Waals surface area contributed by atoms with Crippen molar-refractivity contribution in [3.05, 3.63) is 66.7 Å². The fraction of sp³-hybridized carbons (Fsp3) is 0. The maximum atomic E-state index is 4.74. The molecular weight excluding hydrogens is 264 g/mol. The number of nitrogens with one attached hydrogen (secondary N) is 1. The molecule has 4 aromatic rings. The minimum atomic E-state index is 0.933. The molecule has 0 atom stereocenters. The largest absolute Gasteiger partial charge is 0.332 e. The van der Waals surface area contributed by atoms with Crippen LogP contribution in [-0.2, 0) is 0 Å². The molecule has 1 heterocycles. The summed E-state index contributed by atoms with van der Waals surface area (Å²) in [5, 5.41) is 6.74. The molecule has 0 aliphatic carbocycles. The van der Waals surface area contributed by atoms with E-state index in [4.69, 9.17) is 4.98 Å². The Hall–Kier alpha value is -2.39. The van der Waals surface area contributed by atoms with Crippen LogP contribution in [0.1, 0.15) is 0 Å². The number of anilines is 2. The molecule has 96 valence electrons. The zero-order valence-corrected chi connectivity index (χ0v) is 11.5. The van der Waals surface area contributed by atoms with Gasteiger partial charge in [0.25, 0.3) is 0 Å². The maximum absolute atomic E-state index is 4.74. The van der Waals surface area contributed by atoms with Gasteiger partial charge in [-0.25, -0.2) is 4.98 Å². The summed E-state index contributed by atoms with van der Waals surface area (Å²) in [5.41, 5.74) is 2.14. The predicted molar refractivity (Wildman–Crippen MR) is 86.9 cm³/mol. The van der Waals surface area contributed by atoms with Gasteiger partial charge >= 0.3 is 0 Å². The van der Waals surface area contributed by atoms with E-state index in [0.717, 1.165) is 16.3 Å². The lowest BCUT2D eigenvalue weighted by Gasteiger charge is -2.00. The minimum absolute atomic E-state index is 0.933. The molecule has 0 spiro atoms. The zero-order valence-electron chi connectivity index (χ0n) is 10.7. The highest BCUT2D eigenvalue weighted by atomic mass is 32.1. The predicted octanol–water partition coefficient (Wildman–Crippen LogP) is 5.19. The third-order valence-corrected chi connectivity index (χ3v) is 4.24. The Kier molecular flexibility index (Phi) is 2.64. The lowest BCUT2D eigenvalue weighted by atomic mass is 10.1. The quantitative estimate of drug-likeness (QED) is 0.544. The Bertz CT molecular complexity index is 881. The van der Waals surface area contributed by atoms with E-state index >= 15 is 0 Å². The van der Waals surface area contributed by atoms with Gasteiger partial charge in [0.1, 0.15) is 0 Å². The van der Waals surface area contributed by atoms with Gasteiger partial charge < -0.3 is 5.32 Å². The Morgan fingerprint density at radius 2 is 1.60 bits per heavy atom. The number of para-hydroxylation sites is 1. The van der Waals surface area contributed by atoms with Gasteiger partial charge in [0.15, 0.2) is 5.13 Å². The normalized spacial score (nSPS) is 11.0. The van der Waals surface area contributed by atoms with E-state index in [2.05, 4.69) is 41.7 Å². The number of hydrogen-bond donors (Lipinski definition) is 1. The van der Waals surface area contributed by atoms with Gasteiger partial charge in [-0.05, 0) is 23.6 Å². The Morgan fingerprint density at radius 3 is 2.50 bits per heavy atom. The number of aromatic nitrogens is 1. The van der Waals surface area contributed by atoms with E-state index in [0.29, 0.717) is 0 Å². The van der Waals surface area contributed by atoms with E-state index in [-0.39, 0.29) is 0 Å². The third kappa shape index (κ3) is 1.92. The van der Waals surface area contributed by atoms with Crippen LogP contribution >= 0.6 is 11.3 Å². The molecule has 3 heteroatoms. The molecule has 0 fully saturated rings. The minimum Gasteiger partial charge on any atom is -0.332 e. The number of nitrogens with zero attached hydrogens (tertiary/aromatic N) is 1. The lowest BCUT2D eigenvalue weighted by Crippen LogP contribution is -1.87. The van der Waals surface area contributed by atoms with Crippen molar-refractivity contribution in [1.82, 2.24) is 4.98 Å². The van der Waals surface area contributed by atoms with Gasteiger partial charge in [0, 0.05) is 11.1 Å². The topological polar surface area (TPSA) is 24.9 Å². The molecule has 1 aromatic heterocycles. The summed E-state index contributed by atoms with van der Waals surface area (Å²) in [6.45, 7) is 0. The van der Waals surface area contributed by atoms with Crippen LogP contribution < -0.4 is 5.32 Å². The second-order valence-corrected chi connectivity index (χ2v) is 5.67. The van der Waals surface area contributed by atoms with Crippen LogP contribution in [0, 0.1) is 0 Å². The van der Waals surface area contributed by atoms with Crippen LogP contribution in [0.4, 0.5) is 10.8 Å². The molecule has 0 saturated heterocycles. The molecular formula is C17H12N2S. The first-order valence-electron chi connectivity index (χ1n) is 6.50. The standard InChI is InChI=1S/C17H12N2S/c1-2-7-13(8-3-1)18-17-19-16-14-9-5-4-6-12(14)10-11-15(16)20-17/h1-11H,(H,18,19). The molecule has 0 aliphatic rings. The first kappa shape index (κ1) is 11.4. The summed E-state index contributed by atoms with van der Waals surface area (Å²) in [4.78, 5) is 4.74. The van der Waals surface area contributed by atoms with Crippen LogP contribution in [0.3, 0.4) is 0 Å². The van der Waals surface area contributed by atoms with Crippen LogP contribution in [-0.4, -0.2) is 4.98 Å². The van der Waals surface area contributed by atoms with E-state index in [1.807, 2.05) is 30.3 Å². The van der Waals surface area contributed by atoms with Gasteiger partial charge in [-0.1, -0.05) is 59.9 Å². The molecule has 2 nitrogen and oxygen atoms in total. The first-order chi connectivity index (χ1) is 9.90. The molecule has 3 aromatic carbocycles. The monoisotopic (exact) mass is 276 g/mol. The summed E-state index contributed by atoms with van der Waals surface area (Å²) in [6.07, 6.45) is 0. The van der Waals surface area contributed by atoms with E-state index < -0.39 is 0 Å². The van der Waals surface area contributed by atoms with Crippen LogP contribution in [0.5, 0.6) is 0 Å². The molecule has 1 N–H and O–H groups in total. The number of hydrogen-bond acceptors (Lipinski definition) is 3. The molecule has 0 radical (unpaired) electrons. The summed E-state index contributed by atoms with van der Waals surface area (Å²) in [7, 11) is 0. The average Bonchev–Trinajstić information content (AvgIpc) is 2.91. The molecule has 4 rings (SSSR count). The number of fused-ring (bicyclic) bond motifs is 3. The van der Waals surface area contributed by atoms with Crippen molar-refractivity contribution in [2.45, 2.75) is 0 Å². The highest BCUT2D eigenvalue weighted by Gasteiger charge is 2.07. The molecule has 0 unspecified atom stereocenters. The van der Waals surface area contributed by atoms with Crippen LogP contribution in [0.25, 0.3) is 21.0 Å². The van der Waals surface area contributed by atoms with E-state index in [9.17, 15) is 0 Å². The Balaban J connectivity index is 1.84. The van der Waals surface area contributed by atoms with Crippen molar-refractivity contribution < 1.29 is 0 Å². The fourth-order valence-electron chi connectivity index (χ4n) is 2.36. The van der Waals surface area contributed by atoms with Crippen molar-refractivity contribution in [3.8, 4) is 0 Å². The van der Waals surface area contributed by atoms with Gasteiger partial charge in [-0.3, -0.25) is 0 Å². The van der Waals surface area contributed by atoms with Crippen LogP contribution in [0.15, 0.2) is 66.7 Å². The summed E-state index contributed by atoms with van der Waals surface area (Å²) < 4.78 is 1.21. The summed E-state index contributed by atoms with van der Waals surface area (Å²) >= 11 is 1.68. The maximum Gasteiger partial charge on any atom is 0.188 e. The van der Waals surface area contributed by atoms with Crippen molar-refractivity contribution in [1.29, 1.82) is 0 Å². The van der Waals surface area contributed by atoms with Crippen molar-refractivity contribution in [3.63, 3.8) is 0 Å². The Morgan fingerprint density at radius 1 is 0.800 bits per heavy atom. The van der Waals surface area contributed by atoms with Gasteiger partial charge in [-0.2, -0.15) is 0 Å². The van der Waals surface area contributed by atoms with Crippen molar-refractivity contribution in [2.24, 2.45) is 0 Å². The first-order valence-corrected chi connectivity index (χ1v) is 7.32. The molecule has 0 aliphatic heterocycles. The molecule has 0 saturated carbocycles. The summed E-state index contributed by atoms with van der Waals surface area (Å²) in [5.74, 6) is 0. The summed E-state index contributed by atoms with van der Waals surface area (Å²) in [6, 6.07) is 22.8. The smallest absolute Gasteiger partial charge is 0.188 e. The van der Waals surface area contributed by atoms with E-state index in [1.165, 1.54) is 15.5 Å². The SMILES string of the molecule is c1ccc(Nc2nc3c(ccc4ccccc43)s2)cc1. The Labute approximate surface area is 120 Å². The highest BCUT2D eigenvalue weighted by molar-refractivity contribution is 7.22. The third-order valence-electron chi connectivity index (χ3n) is 3.31. The zero-order chi connectivity index (χ0) is 13.4. The fourth-order valence-corrected chi connectivity index (χ4v) is 3.26. The number of rotatable bonds is 2. The second kappa shape index (κ2) is 4.62. The van der Waals surface area contributed by atoms with Crippen LogP contribution in [0.2, 0.25) is 0 Å². The lowest BCUT2D eigenvalue weighted by molar-refractivity contribution is 1.45. The number of thiazole rings is 1. The van der Waals surface area contributed by atoms with Gasteiger partial charge in [-0.15, -0.1) is 0 Å². The van der Waals surface area contributed by atoms with Crippen molar-refractivity contribution >= 4 is 43.1 Å². The van der Waals surface area contributed by atoms with Crippen molar-refractivity contribution in [2.75, 3.05) is 5.32 Å². The van der Waals surface area contributed by atoms with E-state index in [1.54, 1.807) is 11.3 Å². The second-order valence-electron chi connectivity index (χ2n) is 4.64.